The lowest BCUT2D eigenvalue weighted by Gasteiger charge is -2.42. The first kappa shape index (κ1) is 35.7. The number of aryl methyl sites for hydroxylation is 2. The number of carbonyl (C=O) groups excluding carboxylic acids is 4. The molecule has 0 unspecified atom stereocenters. The molecule has 0 aromatic heterocycles. The average molecular weight is 689 g/mol. The highest BCUT2D eigenvalue weighted by Gasteiger charge is 2.36. The third-order valence-electron chi connectivity index (χ3n) is 10.8. The summed E-state index contributed by atoms with van der Waals surface area (Å²) in [5, 5.41) is 3.05. The molecule has 4 aliphatic rings. The van der Waals surface area contributed by atoms with Gasteiger partial charge in [0.25, 0.3) is 5.91 Å². The molecule has 0 radical (unpaired) electrons. The maximum Gasteiger partial charge on any atom is 0.410 e. The Bertz CT molecular complexity index is 1540. The molecule has 3 fully saturated rings. The zero-order valence-corrected chi connectivity index (χ0v) is 30.0. The number of anilines is 1. The lowest BCUT2D eigenvalue weighted by Crippen LogP contribution is -2.54. The Labute approximate surface area is 295 Å². The number of carbonyl (C=O) groups is 4. The van der Waals surface area contributed by atoms with Crippen LogP contribution in [0, 0.1) is 13.8 Å². The Balaban J connectivity index is 1.10. The van der Waals surface area contributed by atoms with Crippen molar-refractivity contribution in [2.45, 2.75) is 77.5 Å². The summed E-state index contributed by atoms with van der Waals surface area (Å²) in [6.45, 7) is 12.1. The highest BCUT2D eigenvalue weighted by molar-refractivity contribution is 5.91. The van der Waals surface area contributed by atoms with Crippen molar-refractivity contribution < 1.29 is 28.7 Å². The number of nitrogens with one attached hydrogen (secondary N) is 1. The van der Waals surface area contributed by atoms with E-state index in [0.29, 0.717) is 57.4 Å². The van der Waals surface area contributed by atoms with Crippen molar-refractivity contribution in [2.24, 2.45) is 0 Å². The number of likely N-dealkylation sites (tertiary alicyclic amines) is 2. The smallest absolute Gasteiger partial charge is 0.410 e. The fourth-order valence-corrected chi connectivity index (χ4v) is 7.99. The number of hydrogen-bond acceptors (Lipinski definition) is 8. The van der Waals surface area contributed by atoms with Crippen LogP contribution in [0.5, 0.6) is 5.75 Å². The summed E-state index contributed by atoms with van der Waals surface area (Å²) in [6, 6.07) is 12.0. The number of likely N-dealkylation sites (N-methyl/N-ethyl adjacent to an activating group) is 1. The molecule has 0 aliphatic carbocycles. The molecule has 1 N–H and O–H groups in total. The van der Waals surface area contributed by atoms with Crippen LogP contribution in [-0.2, 0) is 27.2 Å². The lowest BCUT2D eigenvalue weighted by molar-refractivity contribution is -0.142. The number of fused-ring (bicyclic) bond motifs is 1. The molecular weight excluding hydrogens is 636 g/mol. The average Bonchev–Trinajstić information content (AvgIpc) is 3.27. The maximum absolute atomic E-state index is 14.1. The zero-order chi connectivity index (χ0) is 35.4. The molecule has 0 spiro atoms. The Morgan fingerprint density at radius 2 is 1.46 bits per heavy atom. The molecule has 6 rings (SSSR count). The van der Waals surface area contributed by atoms with E-state index in [1.54, 1.807) is 4.90 Å². The van der Waals surface area contributed by atoms with Crippen LogP contribution in [0.4, 0.5) is 15.3 Å². The van der Waals surface area contributed by atoms with Crippen LogP contribution in [-0.4, -0.2) is 133 Å². The van der Waals surface area contributed by atoms with E-state index in [9.17, 15) is 19.2 Å². The molecule has 2 aromatic carbocycles. The largest absolute Gasteiger partial charge is 0.436 e. The van der Waals surface area contributed by atoms with Gasteiger partial charge >= 0.3 is 18.1 Å². The van der Waals surface area contributed by atoms with E-state index in [-0.39, 0.29) is 24.4 Å². The number of para-hydroxylation sites is 1. The number of ether oxygens (including phenoxy) is 2. The summed E-state index contributed by atoms with van der Waals surface area (Å²) in [4.78, 5) is 63.0. The number of hydrogen-bond donors (Lipinski definition) is 1. The molecule has 4 aliphatic heterocycles. The van der Waals surface area contributed by atoms with E-state index in [2.05, 4.69) is 22.2 Å². The number of piperazine rings is 1. The van der Waals surface area contributed by atoms with Gasteiger partial charge in [0.05, 0.1) is 0 Å². The number of rotatable bonds is 7. The summed E-state index contributed by atoms with van der Waals surface area (Å²) in [6.07, 6.45) is 2.55. The molecular formula is C38H52N6O6. The first-order valence-electron chi connectivity index (χ1n) is 18.2. The zero-order valence-electron chi connectivity index (χ0n) is 30.0. The van der Waals surface area contributed by atoms with E-state index in [1.165, 1.54) is 6.92 Å². The van der Waals surface area contributed by atoms with Gasteiger partial charge in [-0.25, -0.2) is 9.59 Å². The molecule has 0 bridgehead atoms. The van der Waals surface area contributed by atoms with E-state index < -0.39 is 18.2 Å². The molecule has 12 nitrogen and oxygen atoms in total. The van der Waals surface area contributed by atoms with Crippen molar-refractivity contribution in [1.82, 2.24) is 24.5 Å². The van der Waals surface area contributed by atoms with Crippen LogP contribution in [0.15, 0.2) is 36.4 Å². The van der Waals surface area contributed by atoms with Crippen molar-refractivity contribution in [3.05, 3.63) is 58.7 Å². The SMILES string of the molecule is CC(=O)Oc1c(C)cc(C[C@@H](OC(=O)N2CCC(N3CCc4ccccc4NC3=O)CC2)C(=O)N2CCC(N3CCN(C)CC3)CC2)cc1C. The molecule has 12 heteroatoms. The first-order valence-corrected chi connectivity index (χ1v) is 18.2. The quantitative estimate of drug-likeness (QED) is 0.342. The van der Waals surface area contributed by atoms with E-state index >= 15 is 0 Å². The monoisotopic (exact) mass is 688 g/mol. The predicted octanol–water partition coefficient (Wildman–Crippen LogP) is 4.07. The van der Waals surface area contributed by atoms with Gasteiger partial charge in [0.2, 0.25) is 0 Å². The normalized spacial score (nSPS) is 20.5. The van der Waals surface area contributed by atoms with E-state index in [1.807, 2.05) is 60.0 Å². The number of amides is 4. The molecule has 1 atom stereocenters. The standard InChI is InChI=1S/C38H52N6O6/c1-26-23-29(24-27(2)35(26)49-28(3)45)25-34(36(46)42-14-10-31(11-15-42)41-21-19-40(4)20-22-41)50-38(48)43-16-12-32(13-17-43)44-18-9-30-7-5-6-8-33(30)39-37(44)47/h5-8,23-24,31-32,34H,9-22,25H2,1-4H3,(H,39,47)/t34-/m1/s1. The number of nitrogens with zero attached hydrogens (tertiary/aromatic N) is 5. The number of benzene rings is 2. The third kappa shape index (κ3) is 8.40. The second kappa shape index (κ2) is 15.8. The van der Waals surface area contributed by atoms with Crippen LogP contribution in [0.2, 0.25) is 0 Å². The van der Waals surface area contributed by atoms with Crippen molar-refractivity contribution in [3.63, 3.8) is 0 Å². The third-order valence-corrected chi connectivity index (χ3v) is 10.8. The Morgan fingerprint density at radius 1 is 0.840 bits per heavy atom. The lowest BCUT2D eigenvalue weighted by atomic mass is 9.98. The summed E-state index contributed by atoms with van der Waals surface area (Å²) >= 11 is 0. The maximum atomic E-state index is 14.1. The van der Waals surface area contributed by atoms with Crippen LogP contribution in [0.25, 0.3) is 0 Å². The van der Waals surface area contributed by atoms with Crippen molar-refractivity contribution in [2.75, 3.05) is 71.3 Å². The molecule has 4 heterocycles. The highest BCUT2D eigenvalue weighted by atomic mass is 16.6. The van der Waals surface area contributed by atoms with Gasteiger partial charge in [-0.05, 0) is 81.3 Å². The van der Waals surface area contributed by atoms with Crippen LogP contribution in [0.1, 0.15) is 54.9 Å². The van der Waals surface area contributed by atoms with E-state index in [4.69, 9.17) is 9.47 Å². The van der Waals surface area contributed by atoms with Crippen LogP contribution >= 0.6 is 0 Å². The van der Waals surface area contributed by atoms with Crippen molar-refractivity contribution in [1.29, 1.82) is 0 Å². The van der Waals surface area contributed by atoms with Gasteiger partial charge in [-0.15, -0.1) is 0 Å². The Morgan fingerprint density at radius 3 is 2.12 bits per heavy atom. The van der Waals surface area contributed by atoms with Gasteiger partial charge in [0.15, 0.2) is 6.10 Å². The molecule has 3 saturated heterocycles. The minimum Gasteiger partial charge on any atom is -0.436 e. The van der Waals surface area contributed by atoms with Gasteiger partial charge in [0.1, 0.15) is 5.75 Å². The second-order valence-electron chi connectivity index (χ2n) is 14.4. The predicted molar refractivity (Wildman–Crippen MR) is 190 cm³/mol. The minimum atomic E-state index is -0.992. The molecule has 50 heavy (non-hydrogen) atoms. The van der Waals surface area contributed by atoms with Crippen molar-refractivity contribution >= 4 is 29.7 Å². The fourth-order valence-electron chi connectivity index (χ4n) is 7.99. The van der Waals surface area contributed by atoms with Gasteiger partial charge in [0, 0.05) is 90.0 Å². The Hall–Kier alpha value is -4.16. The summed E-state index contributed by atoms with van der Waals surface area (Å²) in [5.41, 5.74) is 4.37. The summed E-state index contributed by atoms with van der Waals surface area (Å²) in [7, 11) is 2.16. The van der Waals surface area contributed by atoms with Crippen molar-refractivity contribution in [3.8, 4) is 5.75 Å². The number of urea groups is 1. The fraction of sp³-hybridized carbons (Fsp3) is 0.579. The number of piperidine rings is 2. The summed E-state index contributed by atoms with van der Waals surface area (Å²) in [5.74, 6) is -0.0570. The van der Waals surface area contributed by atoms with Crippen LogP contribution < -0.4 is 10.1 Å². The number of esters is 1. The van der Waals surface area contributed by atoms with Crippen LogP contribution in [0.3, 0.4) is 0 Å². The van der Waals surface area contributed by atoms with E-state index in [0.717, 1.165) is 73.4 Å². The molecule has 270 valence electrons. The second-order valence-corrected chi connectivity index (χ2v) is 14.4. The first-order chi connectivity index (χ1) is 24.0. The molecule has 0 saturated carbocycles. The minimum absolute atomic E-state index is 0.00840. The van der Waals surface area contributed by atoms with Gasteiger partial charge in [-0.3, -0.25) is 14.5 Å². The topological polar surface area (TPSA) is 115 Å². The highest BCUT2D eigenvalue weighted by Crippen LogP contribution is 2.28. The van der Waals surface area contributed by atoms with Gasteiger partial charge in [-0.2, -0.15) is 0 Å². The summed E-state index contributed by atoms with van der Waals surface area (Å²) < 4.78 is 11.5. The van der Waals surface area contributed by atoms with Gasteiger partial charge < -0.3 is 34.4 Å². The molecule has 4 amide bonds. The van der Waals surface area contributed by atoms with Gasteiger partial charge in [-0.1, -0.05) is 30.3 Å². The Kier molecular flexibility index (Phi) is 11.3. The molecule has 2 aromatic rings.